The molecule has 1 amide bonds. The molecule has 0 spiro atoms. The average molecular weight is 289 g/mol. The number of hydrogen-bond donors (Lipinski definition) is 3. The molecule has 0 radical (unpaired) electrons. The highest BCUT2D eigenvalue weighted by atomic mass is 19.1. The van der Waals surface area contributed by atoms with Gasteiger partial charge in [-0.25, -0.2) is 9.18 Å². The molecular formula is C15H12FNO4. The quantitative estimate of drug-likeness (QED) is 0.806. The van der Waals surface area contributed by atoms with Crippen LogP contribution in [0, 0.1) is 5.82 Å². The SMILES string of the molecule is O=C(Cc1cccc(O)c1)Nc1ccc(C(=O)O)cc1F. The van der Waals surface area contributed by atoms with E-state index in [-0.39, 0.29) is 23.4 Å². The number of rotatable bonds is 4. The number of phenols is 1. The lowest BCUT2D eigenvalue weighted by Crippen LogP contribution is -2.15. The first-order chi connectivity index (χ1) is 9.95. The molecule has 0 aliphatic carbocycles. The van der Waals surface area contributed by atoms with Gasteiger partial charge in [-0.2, -0.15) is 0 Å². The van der Waals surface area contributed by atoms with Crippen molar-refractivity contribution in [2.24, 2.45) is 0 Å². The zero-order valence-electron chi connectivity index (χ0n) is 10.8. The van der Waals surface area contributed by atoms with Crippen LogP contribution >= 0.6 is 0 Å². The Labute approximate surface area is 119 Å². The third-order valence-electron chi connectivity index (χ3n) is 2.77. The van der Waals surface area contributed by atoms with Crippen LogP contribution in [0.1, 0.15) is 15.9 Å². The summed E-state index contributed by atoms with van der Waals surface area (Å²) in [5.74, 6) is -2.49. The average Bonchev–Trinajstić information content (AvgIpc) is 2.40. The second kappa shape index (κ2) is 6.04. The Morgan fingerprint density at radius 3 is 2.52 bits per heavy atom. The molecule has 0 bridgehead atoms. The van der Waals surface area contributed by atoms with Crippen LogP contribution in [0.3, 0.4) is 0 Å². The van der Waals surface area contributed by atoms with Gasteiger partial charge in [0.2, 0.25) is 5.91 Å². The van der Waals surface area contributed by atoms with Gasteiger partial charge in [0.15, 0.2) is 0 Å². The van der Waals surface area contributed by atoms with Gasteiger partial charge in [-0.15, -0.1) is 0 Å². The maximum absolute atomic E-state index is 13.7. The minimum Gasteiger partial charge on any atom is -0.508 e. The van der Waals surface area contributed by atoms with Crippen LogP contribution in [0.2, 0.25) is 0 Å². The van der Waals surface area contributed by atoms with Crippen LogP contribution < -0.4 is 5.32 Å². The summed E-state index contributed by atoms with van der Waals surface area (Å²) >= 11 is 0. The maximum Gasteiger partial charge on any atom is 0.335 e. The molecule has 0 heterocycles. The molecule has 6 heteroatoms. The van der Waals surface area contributed by atoms with E-state index in [9.17, 15) is 19.1 Å². The van der Waals surface area contributed by atoms with Crippen molar-refractivity contribution < 1.29 is 24.2 Å². The summed E-state index contributed by atoms with van der Waals surface area (Å²) in [7, 11) is 0. The van der Waals surface area contributed by atoms with E-state index in [0.717, 1.165) is 6.07 Å². The highest BCUT2D eigenvalue weighted by Gasteiger charge is 2.11. The number of aromatic hydroxyl groups is 1. The molecule has 21 heavy (non-hydrogen) atoms. The topological polar surface area (TPSA) is 86.6 Å². The van der Waals surface area contributed by atoms with E-state index >= 15 is 0 Å². The number of carbonyl (C=O) groups excluding carboxylic acids is 1. The van der Waals surface area contributed by atoms with Crippen LogP contribution in [0.5, 0.6) is 5.75 Å². The largest absolute Gasteiger partial charge is 0.508 e. The molecular weight excluding hydrogens is 277 g/mol. The molecule has 2 aromatic rings. The first-order valence-electron chi connectivity index (χ1n) is 6.06. The Balaban J connectivity index is 2.08. The molecule has 108 valence electrons. The Morgan fingerprint density at radius 2 is 1.90 bits per heavy atom. The summed E-state index contributed by atoms with van der Waals surface area (Å²) < 4.78 is 13.7. The lowest BCUT2D eigenvalue weighted by Gasteiger charge is -2.07. The second-order valence-corrected chi connectivity index (χ2v) is 4.39. The molecule has 5 nitrogen and oxygen atoms in total. The number of aromatic carboxylic acids is 1. The van der Waals surface area contributed by atoms with E-state index < -0.39 is 17.7 Å². The van der Waals surface area contributed by atoms with Crippen LogP contribution in [0.4, 0.5) is 10.1 Å². The van der Waals surface area contributed by atoms with Crippen molar-refractivity contribution in [2.75, 3.05) is 5.32 Å². The van der Waals surface area contributed by atoms with E-state index in [0.29, 0.717) is 5.56 Å². The number of hydrogen-bond acceptors (Lipinski definition) is 3. The molecule has 2 aromatic carbocycles. The molecule has 0 unspecified atom stereocenters. The Morgan fingerprint density at radius 1 is 1.14 bits per heavy atom. The van der Waals surface area contributed by atoms with E-state index in [4.69, 9.17) is 5.11 Å². The van der Waals surface area contributed by atoms with Crippen molar-refractivity contribution in [3.05, 3.63) is 59.4 Å². The lowest BCUT2D eigenvalue weighted by atomic mass is 10.1. The molecule has 0 saturated heterocycles. The summed E-state index contributed by atoms with van der Waals surface area (Å²) in [5.41, 5.74) is 0.290. The van der Waals surface area contributed by atoms with Crippen LogP contribution in [0.15, 0.2) is 42.5 Å². The van der Waals surface area contributed by atoms with Crippen molar-refractivity contribution in [1.82, 2.24) is 0 Å². The number of halogens is 1. The molecule has 2 rings (SSSR count). The summed E-state index contributed by atoms with van der Waals surface area (Å²) in [6, 6.07) is 9.40. The zero-order chi connectivity index (χ0) is 15.4. The van der Waals surface area contributed by atoms with Gasteiger partial charge in [0.25, 0.3) is 0 Å². The third-order valence-corrected chi connectivity index (χ3v) is 2.77. The fourth-order valence-corrected chi connectivity index (χ4v) is 1.80. The van der Waals surface area contributed by atoms with E-state index in [1.165, 1.54) is 24.3 Å². The summed E-state index contributed by atoms with van der Waals surface area (Å²) in [6.07, 6.45) is -0.0332. The van der Waals surface area contributed by atoms with Crippen molar-refractivity contribution >= 4 is 17.6 Å². The van der Waals surface area contributed by atoms with E-state index in [1.54, 1.807) is 12.1 Å². The number of carboxylic acid groups (broad SMARTS) is 1. The van der Waals surface area contributed by atoms with Gasteiger partial charge >= 0.3 is 5.97 Å². The van der Waals surface area contributed by atoms with Gasteiger partial charge in [0, 0.05) is 0 Å². The number of amides is 1. The monoisotopic (exact) mass is 289 g/mol. The standard InChI is InChI=1S/C15H12FNO4/c16-12-8-10(15(20)21)4-5-13(12)17-14(19)7-9-2-1-3-11(18)6-9/h1-6,8,18H,7H2,(H,17,19)(H,20,21). The fraction of sp³-hybridized carbons (Fsp3) is 0.0667. The van der Waals surface area contributed by atoms with Crippen molar-refractivity contribution in [2.45, 2.75) is 6.42 Å². The van der Waals surface area contributed by atoms with Crippen molar-refractivity contribution in [3.63, 3.8) is 0 Å². The number of carboxylic acids is 1. The third kappa shape index (κ3) is 3.79. The number of phenolic OH excluding ortho intramolecular Hbond substituents is 1. The van der Waals surface area contributed by atoms with Crippen LogP contribution in [0.25, 0.3) is 0 Å². The lowest BCUT2D eigenvalue weighted by molar-refractivity contribution is -0.115. The molecule has 0 aliphatic rings. The zero-order valence-corrected chi connectivity index (χ0v) is 10.8. The van der Waals surface area contributed by atoms with Crippen LogP contribution in [-0.4, -0.2) is 22.1 Å². The molecule has 0 aliphatic heterocycles. The van der Waals surface area contributed by atoms with E-state index in [1.807, 2.05) is 0 Å². The Bertz CT molecular complexity index is 700. The van der Waals surface area contributed by atoms with Gasteiger partial charge < -0.3 is 15.5 Å². The van der Waals surface area contributed by atoms with Gasteiger partial charge in [0.05, 0.1) is 17.7 Å². The summed E-state index contributed by atoms with van der Waals surface area (Å²) in [6.45, 7) is 0. The number of benzene rings is 2. The molecule has 0 atom stereocenters. The Hall–Kier alpha value is -2.89. The number of carbonyl (C=O) groups is 2. The smallest absolute Gasteiger partial charge is 0.335 e. The van der Waals surface area contributed by atoms with Gasteiger partial charge in [0.1, 0.15) is 11.6 Å². The highest BCUT2D eigenvalue weighted by molar-refractivity contribution is 5.93. The van der Waals surface area contributed by atoms with Crippen molar-refractivity contribution in [3.8, 4) is 5.75 Å². The summed E-state index contributed by atoms with van der Waals surface area (Å²) in [5, 5.41) is 20.4. The highest BCUT2D eigenvalue weighted by Crippen LogP contribution is 2.17. The van der Waals surface area contributed by atoms with Gasteiger partial charge in [-0.1, -0.05) is 12.1 Å². The normalized spacial score (nSPS) is 10.1. The van der Waals surface area contributed by atoms with Gasteiger partial charge in [-0.05, 0) is 35.9 Å². The Kier molecular flexibility index (Phi) is 4.18. The molecule has 0 saturated carbocycles. The fourth-order valence-electron chi connectivity index (χ4n) is 1.80. The number of anilines is 1. The molecule has 3 N–H and O–H groups in total. The maximum atomic E-state index is 13.7. The molecule has 0 fully saturated rings. The predicted molar refractivity (Wildman–Crippen MR) is 73.8 cm³/mol. The predicted octanol–water partition coefficient (Wildman–Crippen LogP) is 2.41. The van der Waals surface area contributed by atoms with Crippen LogP contribution in [-0.2, 0) is 11.2 Å². The van der Waals surface area contributed by atoms with E-state index in [2.05, 4.69) is 5.32 Å². The minimum atomic E-state index is -1.24. The van der Waals surface area contributed by atoms with Crippen molar-refractivity contribution in [1.29, 1.82) is 0 Å². The summed E-state index contributed by atoms with van der Waals surface area (Å²) in [4.78, 5) is 22.5. The second-order valence-electron chi connectivity index (χ2n) is 4.39. The van der Waals surface area contributed by atoms with Gasteiger partial charge in [-0.3, -0.25) is 4.79 Å². The minimum absolute atomic E-state index is 0.0332. The molecule has 0 aromatic heterocycles. The first-order valence-corrected chi connectivity index (χ1v) is 6.06. The number of nitrogens with one attached hydrogen (secondary N) is 1. The first kappa shape index (κ1) is 14.5.